The molecular formula is C15H21BrN2O3. The molecule has 1 atom stereocenters. The predicted octanol–water partition coefficient (Wildman–Crippen LogP) is 2.94. The second-order valence-electron chi connectivity index (χ2n) is 4.71. The van der Waals surface area contributed by atoms with Gasteiger partial charge in [-0.2, -0.15) is 0 Å². The Hall–Kier alpha value is -1.56. The Labute approximate surface area is 133 Å². The summed E-state index contributed by atoms with van der Waals surface area (Å²) in [6.45, 7) is 3.69. The number of hydrogen-bond acceptors (Lipinski definition) is 3. The molecule has 0 aliphatic heterocycles. The molecule has 2 amide bonds. The van der Waals surface area contributed by atoms with Crippen LogP contribution in [-0.4, -0.2) is 17.9 Å². The minimum atomic E-state index is -0.699. The molecule has 2 N–H and O–H groups in total. The lowest BCUT2D eigenvalue weighted by Crippen LogP contribution is -2.47. The van der Waals surface area contributed by atoms with Crippen molar-refractivity contribution in [1.82, 2.24) is 10.9 Å². The molecule has 0 saturated carbocycles. The van der Waals surface area contributed by atoms with Crippen molar-refractivity contribution in [2.24, 2.45) is 0 Å². The first-order valence-electron chi connectivity index (χ1n) is 7.04. The molecule has 1 aromatic rings. The van der Waals surface area contributed by atoms with E-state index in [1.807, 2.05) is 12.1 Å². The van der Waals surface area contributed by atoms with Gasteiger partial charge in [0.15, 0.2) is 6.10 Å². The molecule has 0 aliphatic rings. The number of nitrogens with one attached hydrogen (secondary N) is 2. The topological polar surface area (TPSA) is 67.4 Å². The van der Waals surface area contributed by atoms with E-state index in [-0.39, 0.29) is 11.8 Å². The number of rotatable bonds is 7. The SMILES string of the molecule is CCCCCC(=O)NNC(=O)C(C)Oc1cccc(Br)c1. The van der Waals surface area contributed by atoms with Crippen LogP contribution < -0.4 is 15.6 Å². The van der Waals surface area contributed by atoms with Crippen molar-refractivity contribution in [1.29, 1.82) is 0 Å². The lowest BCUT2D eigenvalue weighted by molar-refractivity contribution is -0.132. The van der Waals surface area contributed by atoms with Crippen LogP contribution in [-0.2, 0) is 9.59 Å². The fraction of sp³-hybridized carbons (Fsp3) is 0.467. The summed E-state index contributed by atoms with van der Waals surface area (Å²) in [6, 6.07) is 7.22. The fourth-order valence-electron chi connectivity index (χ4n) is 1.63. The van der Waals surface area contributed by atoms with Crippen LogP contribution in [0.4, 0.5) is 0 Å². The minimum Gasteiger partial charge on any atom is -0.481 e. The van der Waals surface area contributed by atoms with Crippen LogP contribution in [0.15, 0.2) is 28.7 Å². The Morgan fingerprint density at radius 2 is 2.05 bits per heavy atom. The second kappa shape index (κ2) is 9.39. The highest BCUT2D eigenvalue weighted by Gasteiger charge is 2.15. The summed E-state index contributed by atoms with van der Waals surface area (Å²) in [5, 5.41) is 0. The lowest BCUT2D eigenvalue weighted by Gasteiger charge is -2.15. The molecule has 1 aromatic carbocycles. The van der Waals surface area contributed by atoms with Gasteiger partial charge in [0.05, 0.1) is 0 Å². The van der Waals surface area contributed by atoms with Gasteiger partial charge in [-0.1, -0.05) is 41.8 Å². The first-order chi connectivity index (χ1) is 10.0. The highest BCUT2D eigenvalue weighted by molar-refractivity contribution is 9.10. The molecular weight excluding hydrogens is 336 g/mol. The van der Waals surface area contributed by atoms with Gasteiger partial charge in [0.25, 0.3) is 5.91 Å². The molecule has 0 aromatic heterocycles. The maximum Gasteiger partial charge on any atom is 0.279 e. The Bertz CT molecular complexity index is 480. The van der Waals surface area contributed by atoms with E-state index in [4.69, 9.17) is 4.74 Å². The Kier molecular flexibility index (Phi) is 7.82. The third-order valence-corrected chi connectivity index (χ3v) is 3.30. The van der Waals surface area contributed by atoms with Crippen LogP contribution >= 0.6 is 15.9 Å². The zero-order valence-corrected chi connectivity index (χ0v) is 13.9. The van der Waals surface area contributed by atoms with Crippen molar-refractivity contribution in [3.8, 4) is 5.75 Å². The molecule has 0 heterocycles. The van der Waals surface area contributed by atoms with Crippen molar-refractivity contribution in [2.45, 2.75) is 45.6 Å². The zero-order valence-electron chi connectivity index (χ0n) is 12.3. The maximum atomic E-state index is 11.8. The van der Waals surface area contributed by atoms with Gasteiger partial charge >= 0.3 is 0 Å². The third kappa shape index (κ3) is 7.13. The van der Waals surface area contributed by atoms with Gasteiger partial charge in [-0.15, -0.1) is 0 Å². The molecule has 0 spiro atoms. The molecule has 0 radical (unpaired) electrons. The van der Waals surface area contributed by atoms with Crippen molar-refractivity contribution < 1.29 is 14.3 Å². The van der Waals surface area contributed by atoms with Gasteiger partial charge in [0.1, 0.15) is 5.75 Å². The summed E-state index contributed by atoms with van der Waals surface area (Å²) in [5.74, 6) is 0.00608. The number of hydrazine groups is 1. The van der Waals surface area contributed by atoms with E-state index >= 15 is 0 Å². The van der Waals surface area contributed by atoms with E-state index in [0.29, 0.717) is 12.2 Å². The summed E-state index contributed by atoms with van der Waals surface area (Å²) in [4.78, 5) is 23.3. The van der Waals surface area contributed by atoms with E-state index in [1.165, 1.54) is 0 Å². The molecule has 0 bridgehead atoms. The minimum absolute atomic E-state index is 0.188. The van der Waals surface area contributed by atoms with E-state index in [9.17, 15) is 9.59 Å². The number of halogens is 1. The van der Waals surface area contributed by atoms with Crippen LogP contribution in [0.25, 0.3) is 0 Å². The summed E-state index contributed by atoms with van der Waals surface area (Å²) in [7, 11) is 0. The van der Waals surface area contributed by atoms with E-state index in [0.717, 1.165) is 23.7 Å². The van der Waals surface area contributed by atoms with Crippen LogP contribution in [0, 0.1) is 0 Å². The smallest absolute Gasteiger partial charge is 0.279 e. The highest BCUT2D eigenvalue weighted by atomic mass is 79.9. The van der Waals surface area contributed by atoms with Crippen molar-refractivity contribution in [3.05, 3.63) is 28.7 Å². The molecule has 1 rings (SSSR count). The summed E-state index contributed by atoms with van der Waals surface area (Å²) in [6.07, 6.45) is 2.59. The quantitative estimate of drug-likeness (QED) is 0.582. The first-order valence-corrected chi connectivity index (χ1v) is 7.83. The van der Waals surface area contributed by atoms with E-state index in [2.05, 4.69) is 33.7 Å². The summed E-state index contributed by atoms with van der Waals surface area (Å²) >= 11 is 3.33. The Morgan fingerprint density at radius 3 is 2.71 bits per heavy atom. The maximum absolute atomic E-state index is 11.8. The van der Waals surface area contributed by atoms with Crippen LogP contribution in [0.2, 0.25) is 0 Å². The van der Waals surface area contributed by atoms with Crippen molar-refractivity contribution >= 4 is 27.7 Å². The van der Waals surface area contributed by atoms with Crippen LogP contribution in [0.1, 0.15) is 39.5 Å². The van der Waals surface area contributed by atoms with Crippen molar-refractivity contribution in [3.63, 3.8) is 0 Å². The highest BCUT2D eigenvalue weighted by Crippen LogP contribution is 2.18. The van der Waals surface area contributed by atoms with E-state index < -0.39 is 6.10 Å². The van der Waals surface area contributed by atoms with Crippen molar-refractivity contribution in [2.75, 3.05) is 0 Å². The molecule has 116 valence electrons. The number of amides is 2. The number of unbranched alkanes of at least 4 members (excludes halogenated alkanes) is 2. The monoisotopic (exact) mass is 356 g/mol. The normalized spacial score (nSPS) is 11.6. The summed E-state index contributed by atoms with van der Waals surface area (Å²) < 4.78 is 6.37. The fourth-order valence-corrected chi connectivity index (χ4v) is 2.01. The zero-order chi connectivity index (χ0) is 15.7. The molecule has 21 heavy (non-hydrogen) atoms. The molecule has 1 unspecified atom stereocenters. The standard InChI is InChI=1S/C15H21BrN2O3/c1-3-4-5-9-14(19)17-18-15(20)11(2)21-13-8-6-7-12(16)10-13/h6-8,10-11H,3-5,9H2,1-2H3,(H,17,19)(H,18,20). The molecule has 0 aliphatic carbocycles. The number of carbonyl (C=O) groups is 2. The number of carbonyl (C=O) groups excluding carboxylic acids is 2. The Morgan fingerprint density at radius 1 is 1.29 bits per heavy atom. The molecule has 5 nitrogen and oxygen atoms in total. The third-order valence-electron chi connectivity index (χ3n) is 2.81. The number of hydrogen-bond donors (Lipinski definition) is 2. The summed E-state index contributed by atoms with van der Waals surface area (Å²) in [5.41, 5.74) is 4.76. The first kappa shape index (κ1) is 17.5. The number of ether oxygens (including phenoxy) is 1. The van der Waals surface area contributed by atoms with Gasteiger partial charge in [0.2, 0.25) is 5.91 Å². The average Bonchev–Trinajstić information content (AvgIpc) is 2.45. The van der Waals surface area contributed by atoms with Gasteiger partial charge in [-0.25, -0.2) is 0 Å². The predicted molar refractivity (Wildman–Crippen MR) is 84.7 cm³/mol. The van der Waals surface area contributed by atoms with Crippen LogP contribution in [0.5, 0.6) is 5.75 Å². The van der Waals surface area contributed by atoms with E-state index in [1.54, 1.807) is 19.1 Å². The van der Waals surface area contributed by atoms with Gasteiger partial charge < -0.3 is 4.74 Å². The Balaban J connectivity index is 2.32. The largest absolute Gasteiger partial charge is 0.481 e. The molecule has 0 fully saturated rings. The molecule has 0 saturated heterocycles. The van der Waals surface area contributed by atoms with Crippen LogP contribution in [0.3, 0.4) is 0 Å². The van der Waals surface area contributed by atoms with Gasteiger partial charge in [0, 0.05) is 10.9 Å². The molecule has 6 heteroatoms. The lowest BCUT2D eigenvalue weighted by atomic mass is 10.2. The van der Waals surface area contributed by atoms with Gasteiger partial charge in [-0.05, 0) is 31.5 Å². The average molecular weight is 357 g/mol. The van der Waals surface area contributed by atoms with Gasteiger partial charge in [-0.3, -0.25) is 20.4 Å². The number of benzene rings is 1. The second-order valence-corrected chi connectivity index (χ2v) is 5.63.